The molecule has 1 rings (SSSR count). The Morgan fingerprint density at radius 3 is 2.47 bits per heavy atom. The van der Waals surface area contributed by atoms with Crippen molar-refractivity contribution in [2.24, 2.45) is 17.8 Å². The van der Waals surface area contributed by atoms with Crippen molar-refractivity contribution in [3.63, 3.8) is 0 Å². The zero-order chi connectivity index (χ0) is 13.2. The Bertz CT molecular complexity index is 347. The molecule has 0 saturated carbocycles. The van der Waals surface area contributed by atoms with Crippen LogP contribution in [-0.2, 0) is 4.79 Å². The first kappa shape index (κ1) is 14.2. The van der Waals surface area contributed by atoms with E-state index < -0.39 is 0 Å². The molecule has 0 saturated heterocycles. The number of rotatable bonds is 5. The Morgan fingerprint density at radius 2 is 2.00 bits per heavy atom. The smallest absolute Gasteiger partial charge is 0.161 e. The zero-order valence-corrected chi connectivity index (χ0v) is 12.0. The average molecular weight is 234 g/mol. The van der Waals surface area contributed by atoms with Crippen molar-refractivity contribution < 1.29 is 4.79 Å². The van der Waals surface area contributed by atoms with Gasteiger partial charge in [-0.2, -0.15) is 0 Å². The van der Waals surface area contributed by atoms with Gasteiger partial charge < -0.3 is 0 Å². The van der Waals surface area contributed by atoms with E-state index in [0.717, 1.165) is 6.42 Å². The van der Waals surface area contributed by atoms with Crippen LogP contribution in [0.1, 0.15) is 53.9 Å². The SMILES string of the molecule is C=C(C)C(=O)C(C)CC1=C(C)CCC1C(C)C. The maximum absolute atomic E-state index is 11.9. The summed E-state index contributed by atoms with van der Waals surface area (Å²) in [5, 5.41) is 0. The summed E-state index contributed by atoms with van der Waals surface area (Å²) in [6, 6.07) is 0. The molecule has 0 aromatic heterocycles. The van der Waals surface area contributed by atoms with Gasteiger partial charge in [0, 0.05) is 5.92 Å². The average Bonchev–Trinajstić information content (AvgIpc) is 2.59. The predicted octanol–water partition coefficient (Wildman–Crippen LogP) is 4.54. The second-order valence-corrected chi connectivity index (χ2v) is 5.94. The van der Waals surface area contributed by atoms with Gasteiger partial charge in [-0.15, -0.1) is 0 Å². The van der Waals surface area contributed by atoms with Crippen LogP contribution in [0, 0.1) is 17.8 Å². The summed E-state index contributed by atoms with van der Waals surface area (Å²) < 4.78 is 0. The third-order valence-corrected chi connectivity index (χ3v) is 4.03. The highest BCUT2D eigenvalue weighted by atomic mass is 16.1. The van der Waals surface area contributed by atoms with Crippen LogP contribution in [0.4, 0.5) is 0 Å². The molecule has 0 N–H and O–H groups in total. The molecule has 0 spiro atoms. The Hall–Kier alpha value is -0.850. The maximum Gasteiger partial charge on any atom is 0.161 e. The number of Topliss-reactive ketones (excluding diaryl/α,β-unsaturated/α-hetero) is 1. The van der Waals surface area contributed by atoms with Crippen LogP contribution in [0.2, 0.25) is 0 Å². The minimum atomic E-state index is 0.0943. The summed E-state index contributed by atoms with van der Waals surface area (Å²) in [5.74, 6) is 1.70. The maximum atomic E-state index is 11.9. The molecule has 96 valence electrons. The van der Waals surface area contributed by atoms with E-state index in [-0.39, 0.29) is 11.7 Å². The van der Waals surface area contributed by atoms with Gasteiger partial charge in [-0.25, -0.2) is 0 Å². The van der Waals surface area contributed by atoms with Crippen LogP contribution >= 0.6 is 0 Å². The van der Waals surface area contributed by atoms with Gasteiger partial charge in [0.25, 0.3) is 0 Å². The van der Waals surface area contributed by atoms with Crippen LogP contribution in [0.15, 0.2) is 23.3 Å². The Kier molecular flexibility index (Phi) is 4.73. The first-order valence-electron chi connectivity index (χ1n) is 6.72. The van der Waals surface area contributed by atoms with E-state index in [1.807, 2.05) is 13.8 Å². The molecule has 0 radical (unpaired) electrons. The zero-order valence-electron chi connectivity index (χ0n) is 12.0. The minimum absolute atomic E-state index is 0.0943. The van der Waals surface area contributed by atoms with Gasteiger partial charge in [0.15, 0.2) is 5.78 Å². The number of hydrogen-bond donors (Lipinski definition) is 0. The molecule has 2 atom stereocenters. The summed E-state index contributed by atoms with van der Waals surface area (Å²) in [4.78, 5) is 11.9. The van der Waals surface area contributed by atoms with E-state index in [4.69, 9.17) is 0 Å². The number of allylic oxidation sites excluding steroid dienone is 3. The molecule has 1 aliphatic rings. The Labute approximate surface area is 106 Å². The van der Waals surface area contributed by atoms with E-state index >= 15 is 0 Å². The lowest BCUT2D eigenvalue weighted by atomic mass is 9.83. The third-order valence-electron chi connectivity index (χ3n) is 4.03. The molecule has 0 aromatic rings. The molecular weight excluding hydrogens is 208 g/mol. The molecule has 0 bridgehead atoms. The van der Waals surface area contributed by atoms with Crippen LogP contribution in [0.3, 0.4) is 0 Å². The highest BCUT2D eigenvalue weighted by Gasteiger charge is 2.28. The van der Waals surface area contributed by atoms with Gasteiger partial charge >= 0.3 is 0 Å². The van der Waals surface area contributed by atoms with Crippen LogP contribution < -0.4 is 0 Å². The summed E-state index contributed by atoms with van der Waals surface area (Å²) in [7, 11) is 0. The molecule has 17 heavy (non-hydrogen) atoms. The molecule has 0 fully saturated rings. The molecule has 2 unspecified atom stereocenters. The van der Waals surface area contributed by atoms with Crippen LogP contribution in [0.25, 0.3) is 0 Å². The normalized spacial score (nSPS) is 22.1. The summed E-state index contributed by atoms with van der Waals surface area (Å²) in [6.07, 6.45) is 3.42. The standard InChI is InChI=1S/C16H26O/c1-10(2)14-8-7-12(5)15(14)9-13(6)16(17)11(3)4/h10,13-14H,3,7-9H2,1-2,4-6H3. The molecule has 0 aromatic carbocycles. The lowest BCUT2D eigenvalue weighted by molar-refractivity contribution is -0.118. The molecule has 0 aliphatic heterocycles. The van der Waals surface area contributed by atoms with Crippen LogP contribution in [0.5, 0.6) is 0 Å². The Morgan fingerprint density at radius 1 is 1.41 bits per heavy atom. The molecule has 1 aliphatic carbocycles. The van der Waals surface area contributed by atoms with Crippen molar-refractivity contribution in [1.82, 2.24) is 0 Å². The molecule has 1 heteroatoms. The number of ketones is 1. The molecule has 0 amide bonds. The van der Waals surface area contributed by atoms with E-state index in [1.54, 1.807) is 5.57 Å². The Balaban J connectivity index is 2.76. The van der Waals surface area contributed by atoms with Crippen molar-refractivity contribution in [3.05, 3.63) is 23.3 Å². The fourth-order valence-corrected chi connectivity index (χ4v) is 2.93. The van der Waals surface area contributed by atoms with E-state index in [2.05, 4.69) is 27.4 Å². The summed E-state index contributed by atoms with van der Waals surface area (Å²) >= 11 is 0. The van der Waals surface area contributed by atoms with Crippen molar-refractivity contribution in [2.45, 2.75) is 53.9 Å². The van der Waals surface area contributed by atoms with Crippen LogP contribution in [-0.4, -0.2) is 5.78 Å². The molecular formula is C16H26O. The molecule has 0 heterocycles. The highest BCUT2D eigenvalue weighted by Crippen LogP contribution is 2.40. The van der Waals surface area contributed by atoms with E-state index in [9.17, 15) is 4.79 Å². The monoisotopic (exact) mass is 234 g/mol. The first-order chi connectivity index (χ1) is 7.84. The minimum Gasteiger partial charge on any atom is -0.294 e. The number of carbonyl (C=O) groups excluding carboxylic acids is 1. The van der Waals surface area contributed by atoms with Crippen molar-refractivity contribution in [3.8, 4) is 0 Å². The van der Waals surface area contributed by atoms with E-state index in [0.29, 0.717) is 17.4 Å². The van der Waals surface area contributed by atoms with Crippen molar-refractivity contribution in [2.75, 3.05) is 0 Å². The molecule has 1 nitrogen and oxygen atoms in total. The quantitative estimate of drug-likeness (QED) is 0.504. The number of carbonyl (C=O) groups is 1. The first-order valence-corrected chi connectivity index (χ1v) is 6.72. The topological polar surface area (TPSA) is 17.1 Å². The van der Waals surface area contributed by atoms with Gasteiger partial charge in [-0.1, -0.05) is 38.5 Å². The van der Waals surface area contributed by atoms with Gasteiger partial charge in [0.1, 0.15) is 0 Å². The van der Waals surface area contributed by atoms with Crippen molar-refractivity contribution >= 4 is 5.78 Å². The summed E-state index contributed by atoms with van der Waals surface area (Å²) in [5.41, 5.74) is 3.75. The second-order valence-electron chi connectivity index (χ2n) is 5.94. The lowest BCUT2D eigenvalue weighted by Gasteiger charge is -2.22. The third kappa shape index (κ3) is 3.31. The fraction of sp³-hybridized carbons (Fsp3) is 0.688. The second kappa shape index (κ2) is 5.66. The lowest BCUT2D eigenvalue weighted by Crippen LogP contribution is -2.16. The van der Waals surface area contributed by atoms with Gasteiger partial charge in [-0.05, 0) is 50.5 Å². The van der Waals surface area contributed by atoms with E-state index in [1.165, 1.54) is 18.4 Å². The fourth-order valence-electron chi connectivity index (χ4n) is 2.93. The van der Waals surface area contributed by atoms with Gasteiger partial charge in [-0.3, -0.25) is 4.79 Å². The number of hydrogen-bond acceptors (Lipinski definition) is 1. The predicted molar refractivity (Wildman–Crippen MR) is 73.9 cm³/mol. The summed E-state index contributed by atoms with van der Waals surface area (Å²) in [6.45, 7) is 14.4. The largest absolute Gasteiger partial charge is 0.294 e. The van der Waals surface area contributed by atoms with Gasteiger partial charge in [0.2, 0.25) is 0 Å². The van der Waals surface area contributed by atoms with Crippen molar-refractivity contribution in [1.29, 1.82) is 0 Å². The van der Waals surface area contributed by atoms with Gasteiger partial charge in [0.05, 0.1) is 0 Å². The highest BCUT2D eigenvalue weighted by molar-refractivity contribution is 5.95.